The van der Waals surface area contributed by atoms with E-state index >= 15 is 0 Å². The number of nitrogens with zero attached hydrogens (tertiary/aromatic N) is 1. The summed E-state index contributed by atoms with van der Waals surface area (Å²) in [5, 5.41) is 20.8. The second kappa shape index (κ2) is 3.69. The number of Topliss-reactive ketones (excluding diaryl/α,β-unsaturated/α-hetero) is 1. The first-order valence-corrected chi connectivity index (χ1v) is 5.09. The Kier molecular flexibility index (Phi) is 2.46. The molecular formula is C12H11NO4. The zero-order valence-corrected chi connectivity index (χ0v) is 9.17. The Morgan fingerprint density at radius 2 is 2.06 bits per heavy atom. The molecule has 0 saturated heterocycles. The third kappa shape index (κ3) is 1.51. The number of carboxylic acids is 1. The molecule has 2 rings (SSSR count). The van der Waals surface area contributed by atoms with E-state index in [0.29, 0.717) is 11.1 Å². The first kappa shape index (κ1) is 11.3. The van der Waals surface area contributed by atoms with Crippen LogP contribution >= 0.6 is 0 Å². The maximum atomic E-state index is 11.9. The molecule has 0 radical (unpaired) electrons. The molecule has 2 N–H and O–H groups in total. The van der Waals surface area contributed by atoms with Crippen molar-refractivity contribution in [1.29, 1.82) is 0 Å². The fraction of sp³-hybridized carbons (Fsp3) is 0.250. The van der Waals surface area contributed by atoms with Crippen LogP contribution in [0.5, 0.6) is 0 Å². The highest BCUT2D eigenvalue weighted by atomic mass is 16.4. The summed E-state index contributed by atoms with van der Waals surface area (Å²) in [6.07, 6.45) is -0.283. The predicted octanol–water partition coefficient (Wildman–Crippen LogP) is 1.45. The second-order valence-electron chi connectivity index (χ2n) is 4.23. The van der Waals surface area contributed by atoms with Crippen LogP contribution in [0.25, 0.3) is 0 Å². The summed E-state index contributed by atoms with van der Waals surface area (Å²) in [4.78, 5) is 22.8. The Bertz CT molecular complexity index is 535. The Morgan fingerprint density at radius 3 is 2.65 bits per heavy atom. The fourth-order valence-electron chi connectivity index (χ4n) is 2.31. The van der Waals surface area contributed by atoms with Crippen molar-refractivity contribution < 1.29 is 19.9 Å². The van der Waals surface area contributed by atoms with Gasteiger partial charge in [0.15, 0.2) is 0 Å². The standard InChI is InChI=1S/C12H11NO4/c1-12(6-9(14)15)8-5-3-2-4-7(8)10(16)11(12)13-17/h2-5,17H,6H2,1H3,(H,14,15). The average Bonchev–Trinajstić information content (AvgIpc) is 2.48. The minimum Gasteiger partial charge on any atom is -0.481 e. The number of carbonyl (C=O) groups excluding carboxylic acids is 1. The number of hydrogen-bond acceptors (Lipinski definition) is 4. The second-order valence-corrected chi connectivity index (χ2v) is 4.23. The Labute approximate surface area is 97.4 Å². The van der Waals surface area contributed by atoms with Gasteiger partial charge in [-0.1, -0.05) is 29.4 Å². The first-order valence-electron chi connectivity index (χ1n) is 5.09. The molecule has 0 spiro atoms. The van der Waals surface area contributed by atoms with E-state index in [1.165, 1.54) is 0 Å². The van der Waals surface area contributed by atoms with E-state index in [2.05, 4.69) is 5.16 Å². The van der Waals surface area contributed by atoms with Crippen molar-refractivity contribution in [2.45, 2.75) is 18.8 Å². The minimum absolute atomic E-state index is 0.110. The normalized spacial score (nSPS) is 25.0. The molecule has 0 aliphatic heterocycles. The summed E-state index contributed by atoms with van der Waals surface area (Å²) in [6.45, 7) is 1.60. The molecule has 0 amide bonds. The summed E-state index contributed by atoms with van der Waals surface area (Å²) >= 11 is 0. The van der Waals surface area contributed by atoms with Crippen LogP contribution in [0.4, 0.5) is 0 Å². The molecule has 0 aromatic heterocycles. The maximum Gasteiger partial charge on any atom is 0.304 e. The molecule has 1 atom stereocenters. The molecule has 5 heteroatoms. The molecule has 88 valence electrons. The molecule has 0 heterocycles. The van der Waals surface area contributed by atoms with Crippen molar-refractivity contribution in [1.82, 2.24) is 0 Å². The van der Waals surface area contributed by atoms with Crippen LogP contribution in [0.1, 0.15) is 29.3 Å². The summed E-state index contributed by atoms with van der Waals surface area (Å²) in [5.74, 6) is -1.45. The number of hydrogen-bond donors (Lipinski definition) is 2. The van der Waals surface area contributed by atoms with Crippen LogP contribution in [0.15, 0.2) is 29.4 Å². The quantitative estimate of drug-likeness (QED) is 0.597. The number of ketones is 1. The van der Waals surface area contributed by atoms with Gasteiger partial charge in [0.05, 0.1) is 11.8 Å². The van der Waals surface area contributed by atoms with Gasteiger partial charge in [-0.3, -0.25) is 9.59 Å². The summed E-state index contributed by atoms with van der Waals surface area (Å²) in [5.41, 5.74) is -0.167. The minimum atomic E-state index is -1.06. The van der Waals surface area contributed by atoms with Crippen LogP contribution in [-0.4, -0.2) is 27.8 Å². The fourth-order valence-corrected chi connectivity index (χ4v) is 2.31. The highest BCUT2D eigenvalue weighted by Crippen LogP contribution is 2.39. The van der Waals surface area contributed by atoms with Gasteiger partial charge >= 0.3 is 5.97 Å². The number of oxime groups is 1. The van der Waals surface area contributed by atoms with Crippen molar-refractivity contribution in [3.8, 4) is 0 Å². The Hall–Kier alpha value is -2.17. The third-order valence-electron chi connectivity index (χ3n) is 3.11. The molecule has 17 heavy (non-hydrogen) atoms. The Morgan fingerprint density at radius 1 is 1.41 bits per heavy atom. The van der Waals surface area contributed by atoms with Crippen LogP contribution in [0.2, 0.25) is 0 Å². The van der Waals surface area contributed by atoms with Gasteiger partial charge in [-0.2, -0.15) is 0 Å². The van der Waals surface area contributed by atoms with Crippen LogP contribution in [-0.2, 0) is 10.2 Å². The van der Waals surface area contributed by atoms with Gasteiger partial charge < -0.3 is 10.3 Å². The summed E-state index contributed by atoms with van der Waals surface area (Å²) < 4.78 is 0. The van der Waals surface area contributed by atoms with Gasteiger partial charge in [-0.05, 0) is 12.5 Å². The van der Waals surface area contributed by atoms with Gasteiger partial charge in [-0.25, -0.2) is 0 Å². The molecule has 1 unspecified atom stereocenters. The van der Waals surface area contributed by atoms with E-state index in [0.717, 1.165) is 0 Å². The van der Waals surface area contributed by atoms with E-state index in [1.807, 2.05) is 0 Å². The monoisotopic (exact) mass is 233 g/mol. The molecule has 5 nitrogen and oxygen atoms in total. The first-order chi connectivity index (χ1) is 8.00. The molecule has 1 aromatic carbocycles. The van der Waals surface area contributed by atoms with Crippen LogP contribution < -0.4 is 0 Å². The molecule has 0 saturated carbocycles. The van der Waals surface area contributed by atoms with Gasteiger partial charge in [0.1, 0.15) is 5.71 Å². The molecule has 1 aliphatic rings. The molecule has 0 fully saturated rings. The van der Waals surface area contributed by atoms with Crippen molar-refractivity contribution in [2.75, 3.05) is 0 Å². The number of fused-ring (bicyclic) bond motifs is 1. The number of aliphatic carboxylic acids is 1. The largest absolute Gasteiger partial charge is 0.481 e. The van der Waals surface area contributed by atoms with Crippen molar-refractivity contribution in [3.63, 3.8) is 0 Å². The van der Waals surface area contributed by atoms with E-state index in [-0.39, 0.29) is 12.1 Å². The van der Waals surface area contributed by atoms with E-state index in [4.69, 9.17) is 10.3 Å². The lowest BCUT2D eigenvalue weighted by Crippen LogP contribution is -2.33. The van der Waals surface area contributed by atoms with Gasteiger partial charge in [0, 0.05) is 5.56 Å². The molecular weight excluding hydrogens is 222 g/mol. The zero-order chi connectivity index (χ0) is 12.6. The number of carbonyl (C=O) groups is 2. The summed E-state index contributed by atoms with van der Waals surface area (Å²) in [6, 6.07) is 6.72. The van der Waals surface area contributed by atoms with Crippen molar-refractivity contribution in [2.24, 2.45) is 5.16 Å². The maximum absolute atomic E-state index is 11.9. The van der Waals surface area contributed by atoms with Gasteiger partial charge in [0.25, 0.3) is 0 Å². The van der Waals surface area contributed by atoms with Crippen LogP contribution in [0.3, 0.4) is 0 Å². The lowest BCUT2D eigenvalue weighted by atomic mass is 9.79. The average molecular weight is 233 g/mol. The van der Waals surface area contributed by atoms with E-state index in [1.54, 1.807) is 31.2 Å². The Balaban J connectivity index is 2.65. The summed E-state index contributed by atoms with van der Waals surface area (Å²) in [7, 11) is 0. The van der Waals surface area contributed by atoms with Crippen molar-refractivity contribution in [3.05, 3.63) is 35.4 Å². The van der Waals surface area contributed by atoms with Gasteiger partial charge in [0.2, 0.25) is 5.78 Å². The lowest BCUT2D eigenvalue weighted by Gasteiger charge is -2.22. The smallest absolute Gasteiger partial charge is 0.304 e. The lowest BCUT2D eigenvalue weighted by molar-refractivity contribution is -0.137. The highest BCUT2D eigenvalue weighted by molar-refractivity contribution is 6.52. The molecule has 0 bridgehead atoms. The number of carboxylic acid groups (broad SMARTS) is 1. The third-order valence-corrected chi connectivity index (χ3v) is 3.11. The van der Waals surface area contributed by atoms with E-state index < -0.39 is 17.2 Å². The predicted molar refractivity (Wildman–Crippen MR) is 59.6 cm³/mol. The zero-order valence-electron chi connectivity index (χ0n) is 9.17. The van der Waals surface area contributed by atoms with Crippen molar-refractivity contribution >= 4 is 17.5 Å². The number of benzene rings is 1. The molecule has 1 aliphatic carbocycles. The number of rotatable bonds is 2. The highest BCUT2D eigenvalue weighted by Gasteiger charge is 2.47. The van der Waals surface area contributed by atoms with Gasteiger partial charge in [-0.15, -0.1) is 0 Å². The topological polar surface area (TPSA) is 87.0 Å². The SMILES string of the molecule is CC1(CC(=O)O)C(=NO)C(=O)c2ccccc21. The molecule has 1 aromatic rings. The van der Waals surface area contributed by atoms with Crippen LogP contribution in [0, 0.1) is 0 Å². The van der Waals surface area contributed by atoms with E-state index in [9.17, 15) is 9.59 Å².